The molecule has 0 saturated heterocycles. The quantitative estimate of drug-likeness (QED) is 0.246. The lowest BCUT2D eigenvalue weighted by atomic mass is 9.97. The summed E-state index contributed by atoms with van der Waals surface area (Å²) < 4.78 is 6.59. The van der Waals surface area contributed by atoms with Crippen LogP contribution in [0.3, 0.4) is 0 Å². The number of ether oxygens (including phenoxy) is 1. The summed E-state index contributed by atoms with van der Waals surface area (Å²) in [6, 6.07) is 7.35. The SMILES string of the molecule is Cc1nc2ncn(C#Cc3ccc(C(=O)N[C@@H](CCC(=O)O)C(=O)O)cc3)c(O)c-2c1COC(=O)C(C)(C)C. The molecule has 0 radical (unpaired) electrons. The molecular formula is C27H28N4O8. The summed E-state index contributed by atoms with van der Waals surface area (Å²) in [5.41, 5.74) is 1.34. The van der Waals surface area contributed by atoms with Crippen LogP contribution in [0.25, 0.3) is 11.4 Å². The van der Waals surface area contributed by atoms with Crippen LogP contribution in [0.4, 0.5) is 0 Å². The monoisotopic (exact) mass is 536 g/mol. The molecule has 12 heteroatoms. The molecule has 0 aliphatic carbocycles. The van der Waals surface area contributed by atoms with E-state index in [4.69, 9.17) is 9.84 Å². The van der Waals surface area contributed by atoms with Crippen LogP contribution in [-0.4, -0.2) is 59.7 Å². The van der Waals surface area contributed by atoms with Gasteiger partial charge in [-0.1, -0.05) is 0 Å². The molecular weight excluding hydrogens is 508 g/mol. The fraction of sp³-hybridized carbons (Fsp3) is 0.333. The first kappa shape index (κ1) is 28.6. The lowest BCUT2D eigenvalue weighted by Crippen LogP contribution is -2.41. The second kappa shape index (κ2) is 11.6. The van der Waals surface area contributed by atoms with E-state index in [0.717, 1.165) is 0 Å². The van der Waals surface area contributed by atoms with E-state index in [0.29, 0.717) is 22.4 Å². The number of amides is 1. The molecule has 4 N–H and O–H groups in total. The van der Waals surface area contributed by atoms with Gasteiger partial charge in [0.05, 0.1) is 11.0 Å². The average Bonchev–Trinajstić information content (AvgIpc) is 3.19. The molecule has 0 bridgehead atoms. The molecule has 1 aromatic rings. The number of carbonyl (C=O) groups excluding carboxylic acids is 2. The molecule has 0 fully saturated rings. The predicted molar refractivity (Wildman–Crippen MR) is 137 cm³/mol. The van der Waals surface area contributed by atoms with Gasteiger partial charge in [-0.25, -0.2) is 19.3 Å². The van der Waals surface area contributed by atoms with Crippen molar-refractivity contribution < 1.29 is 39.2 Å². The van der Waals surface area contributed by atoms with Crippen molar-refractivity contribution >= 4 is 23.8 Å². The van der Waals surface area contributed by atoms with Gasteiger partial charge in [0, 0.05) is 34.8 Å². The van der Waals surface area contributed by atoms with Crippen LogP contribution in [0, 0.1) is 24.3 Å². The number of carboxylic acids is 2. The van der Waals surface area contributed by atoms with Crippen molar-refractivity contribution in [2.45, 2.75) is 53.2 Å². The molecule has 0 spiro atoms. The zero-order valence-electron chi connectivity index (χ0n) is 21.8. The first-order valence-corrected chi connectivity index (χ1v) is 11.9. The first-order chi connectivity index (χ1) is 18.3. The highest BCUT2D eigenvalue weighted by molar-refractivity contribution is 5.96. The maximum atomic E-state index is 12.4. The number of hydrogen-bond acceptors (Lipinski definition) is 8. The topological polar surface area (TPSA) is 181 Å². The second-order valence-electron chi connectivity index (χ2n) is 9.75. The number of aromatic hydroxyl groups is 1. The van der Waals surface area contributed by atoms with E-state index in [2.05, 4.69) is 27.2 Å². The van der Waals surface area contributed by atoms with E-state index < -0.39 is 41.7 Å². The Hall–Kier alpha value is -4.92. The molecule has 3 rings (SSSR count). The number of aliphatic carboxylic acids is 2. The maximum absolute atomic E-state index is 12.4. The van der Waals surface area contributed by atoms with Crippen LogP contribution >= 0.6 is 0 Å². The Morgan fingerprint density at radius 3 is 2.38 bits per heavy atom. The fourth-order valence-electron chi connectivity index (χ4n) is 3.42. The molecule has 0 saturated carbocycles. The minimum atomic E-state index is -1.34. The van der Waals surface area contributed by atoms with E-state index in [9.17, 15) is 29.4 Å². The smallest absolute Gasteiger partial charge is 0.326 e. The third-order valence-electron chi connectivity index (χ3n) is 5.66. The number of fused-ring (bicyclic) bond motifs is 1. The summed E-state index contributed by atoms with van der Waals surface area (Å²) >= 11 is 0. The number of hydrogen-bond donors (Lipinski definition) is 4. The van der Waals surface area contributed by atoms with Gasteiger partial charge in [0.25, 0.3) is 5.91 Å². The number of nitrogens with one attached hydrogen (secondary N) is 1. The Kier molecular flexibility index (Phi) is 8.55. The average molecular weight is 537 g/mol. The van der Waals surface area contributed by atoms with Gasteiger partial charge in [0.1, 0.15) is 19.0 Å². The predicted octanol–water partition coefficient (Wildman–Crippen LogP) is 2.39. The van der Waals surface area contributed by atoms with E-state index in [1.54, 1.807) is 27.7 Å². The minimum Gasteiger partial charge on any atom is -0.493 e. The van der Waals surface area contributed by atoms with Crippen molar-refractivity contribution in [2.24, 2.45) is 5.41 Å². The molecule has 2 aliphatic rings. The van der Waals surface area contributed by atoms with Gasteiger partial charge in [-0.3, -0.25) is 14.4 Å². The molecule has 12 nitrogen and oxygen atoms in total. The third-order valence-corrected chi connectivity index (χ3v) is 5.66. The van der Waals surface area contributed by atoms with Crippen molar-refractivity contribution in [3.8, 4) is 29.2 Å². The molecule has 1 aromatic carbocycles. The molecule has 204 valence electrons. The van der Waals surface area contributed by atoms with E-state index >= 15 is 0 Å². The van der Waals surface area contributed by atoms with Gasteiger partial charge in [0.2, 0.25) is 5.88 Å². The van der Waals surface area contributed by atoms with E-state index in [1.165, 1.54) is 35.2 Å². The number of carboxylic acid groups (broad SMARTS) is 2. The number of aryl methyl sites for hydroxylation is 1. The molecule has 0 aromatic heterocycles. The van der Waals surface area contributed by atoms with Crippen LogP contribution in [0.15, 0.2) is 30.6 Å². The van der Waals surface area contributed by atoms with Crippen LogP contribution in [0.5, 0.6) is 5.88 Å². The Balaban J connectivity index is 1.78. The number of carbonyl (C=O) groups is 4. The number of aromatic nitrogens is 3. The Labute approximate surface area is 224 Å². The van der Waals surface area contributed by atoms with Gasteiger partial charge in [-0.05, 0) is 64.3 Å². The largest absolute Gasteiger partial charge is 0.493 e. The zero-order chi connectivity index (χ0) is 28.9. The summed E-state index contributed by atoms with van der Waals surface area (Å²) in [7, 11) is 0. The summed E-state index contributed by atoms with van der Waals surface area (Å²) in [6.07, 6.45) is 0.645. The number of nitrogens with zero attached hydrogens (tertiary/aromatic N) is 3. The van der Waals surface area contributed by atoms with E-state index in [1.807, 2.05) is 0 Å². The maximum Gasteiger partial charge on any atom is 0.326 e. The van der Waals surface area contributed by atoms with Gasteiger partial charge in [0.15, 0.2) is 5.82 Å². The summed E-state index contributed by atoms with van der Waals surface area (Å²) in [5.74, 6) is -0.683. The van der Waals surface area contributed by atoms with Crippen molar-refractivity contribution in [1.82, 2.24) is 19.9 Å². The number of esters is 1. The standard InChI is InChI=1S/C27H28N4O8/c1-15-18(13-39-26(38)27(2,3)4)21-22(29-15)28-14-31(24(21)35)12-11-16-5-7-17(8-6-16)23(34)30-19(25(36)37)9-10-20(32)33/h5-8,14,19,35H,9-10,13H2,1-4H3,(H,30,34)(H,32,33)(H,36,37)/t19-/m0/s1. The minimum absolute atomic E-state index is 0.0896. The molecule has 2 aliphatic heterocycles. The van der Waals surface area contributed by atoms with Crippen molar-refractivity contribution in [1.29, 1.82) is 0 Å². The Morgan fingerprint density at radius 2 is 1.79 bits per heavy atom. The Bertz CT molecular complexity index is 1440. The van der Waals surface area contributed by atoms with Crippen LogP contribution in [0.2, 0.25) is 0 Å². The van der Waals surface area contributed by atoms with Gasteiger partial charge >= 0.3 is 17.9 Å². The molecule has 2 heterocycles. The second-order valence-corrected chi connectivity index (χ2v) is 9.75. The number of benzene rings is 1. The molecule has 1 amide bonds. The molecule has 39 heavy (non-hydrogen) atoms. The van der Waals surface area contributed by atoms with Crippen molar-refractivity contribution in [3.63, 3.8) is 0 Å². The lowest BCUT2D eigenvalue weighted by molar-refractivity contribution is -0.154. The normalized spacial score (nSPS) is 11.8. The highest BCUT2D eigenvalue weighted by Gasteiger charge is 2.27. The van der Waals surface area contributed by atoms with Crippen molar-refractivity contribution in [2.75, 3.05) is 0 Å². The zero-order valence-corrected chi connectivity index (χ0v) is 21.8. The van der Waals surface area contributed by atoms with Gasteiger partial charge in [-0.2, -0.15) is 0 Å². The summed E-state index contributed by atoms with van der Waals surface area (Å²) in [6.45, 7) is 6.84. The highest BCUT2D eigenvalue weighted by Crippen LogP contribution is 2.35. The fourth-order valence-corrected chi connectivity index (χ4v) is 3.42. The van der Waals surface area contributed by atoms with Crippen LogP contribution in [-0.2, 0) is 25.7 Å². The van der Waals surface area contributed by atoms with Crippen molar-refractivity contribution in [3.05, 3.63) is 53.0 Å². The summed E-state index contributed by atoms with van der Waals surface area (Å²) in [4.78, 5) is 55.2. The first-order valence-electron chi connectivity index (χ1n) is 11.9. The van der Waals surface area contributed by atoms with Crippen LogP contribution < -0.4 is 5.32 Å². The van der Waals surface area contributed by atoms with Crippen LogP contribution in [0.1, 0.15) is 60.8 Å². The lowest BCUT2D eigenvalue weighted by Gasteiger charge is -2.17. The highest BCUT2D eigenvalue weighted by atomic mass is 16.5. The molecule has 1 atom stereocenters. The van der Waals surface area contributed by atoms with Gasteiger partial charge < -0.3 is 25.4 Å². The van der Waals surface area contributed by atoms with E-state index in [-0.39, 0.29) is 30.3 Å². The number of rotatable bonds is 8. The van der Waals surface area contributed by atoms with Gasteiger partial charge in [-0.15, -0.1) is 0 Å². The Morgan fingerprint density at radius 1 is 1.13 bits per heavy atom. The molecule has 0 unspecified atom stereocenters. The summed E-state index contributed by atoms with van der Waals surface area (Å²) in [5, 5.41) is 31.1. The third kappa shape index (κ3) is 7.10.